The summed E-state index contributed by atoms with van der Waals surface area (Å²) < 4.78 is 11.8. The molecule has 3 aromatic carbocycles. The Morgan fingerprint density at radius 1 is 0.970 bits per heavy atom. The van der Waals surface area contributed by atoms with E-state index in [1.165, 1.54) is 50.0 Å². The van der Waals surface area contributed by atoms with E-state index >= 15 is 0 Å². The van der Waals surface area contributed by atoms with Crippen molar-refractivity contribution >= 4 is 23.7 Å². The van der Waals surface area contributed by atoms with Crippen LogP contribution in [0.5, 0.6) is 17.2 Å². The molecule has 0 saturated heterocycles. The van der Waals surface area contributed by atoms with Gasteiger partial charge in [0, 0.05) is 43.0 Å². The minimum absolute atomic E-state index is 0.0173. The molecule has 0 radical (unpaired) electrons. The zero-order valence-electron chi connectivity index (χ0n) is 37.9. The smallest absolute Gasteiger partial charge is 0.321 e. The second kappa shape index (κ2) is 21.6. The molecule has 7 atom stereocenters. The molecule has 1 aliphatic carbocycles. The average molecular weight is 928 g/mol. The van der Waals surface area contributed by atoms with Gasteiger partial charge in [-0.1, -0.05) is 37.3 Å². The summed E-state index contributed by atoms with van der Waals surface area (Å²) in [7, 11) is 1.32. The Labute approximate surface area is 387 Å². The number of nitrogens with one attached hydrogen (secondary N) is 3. The monoisotopic (exact) mass is 927 g/mol. The molecule has 1 aromatic heterocycles. The first kappa shape index (κ1) is 50.2. The van der Waals surface area contributed by atoms with Crippen LogP contribution in [0.1, 0.15) is 71.9 Å². The molecular formula is C47H61N9O11. The normalized spacial score (nSPS) is 20.3. The molecule has 2 aliphatic rings. The number of aromatic nitrogens is 2. The number of benzene rings is 3. The Bertz CT molecular complexity index is 2430. The average Bonchev–Trinajstić information content (AvgIpc) is 4.07. The van der Waals surface area contributed by atoms with E-state index in [0.29, 0.717) is 17.1 Å². The molecule has 1 fully saturated rings. The number of nitrogens with two attached hydrogens (primary N) is 3. The molecule has 0 spiro atoms. The number of aryl methyl sites for hydroxylation is 1. The van der Waals surface area contributed by atoms with Crippen LogP contribution in [-0.4, -0.2) is 141 Å². The van der Waals surface area contributed by atoms with E-state index in [2.05, 4.69) is 45.0 Å². The van der Waals surface area contributed by atoms with Crippen LogP contribution in [0.4, 0.5) is 0 Å². The third-order valence-corrected chi connectivity index (χ3v) is 12.2. The van der Waals surface area contributed by atoms with Crippen LogP contribution in [-0.2, 0) is 26.2 Å². The van der Waals surface area contributed by atoms with Crippen molar-refractivity contribution in [3.63, 3.8) is 0 Å². The van der Waals surface area contributed by atoms with Crippen LogP contribution in [0.3, 0.4) is 0 Å². The molecule has 4 bridgehead atoms. The molecule has 67 heavy (non-hydrogen) atoms. The molecular weight excluding hydrogens is 867 g/mol. The van der Waals surface area contributed by atoms with Crippen molar-refractivity contribution in [2.24, 2.45) is 17.2 Å². The lowest BCUT2D eigenvalue weighted by Gasteiger charge is -2.33. The second-order valence-corrected chi connectivity index (χ2v) is 17.4. The maximum Gasteiger partial charge on any atom is 0.321 e. The maximum atomic E-state index is 14.7. The van der Waals surface area contributed by atoms with E-state index in [-0.39, 0.29) is 78.3 Å². The van der Waals surface area contributed by atoms with Crippen LogP contribution >= 0.6 is 0 Å². The maximum absolute atomic E-state index is 14.7. The number of carbonyl (C=O) groups excluding carboxylic acids is 3. The molecule has 6 rings (SSSR count). The first-order valence-electron chi connectivity index (χ1n) is 22.1. The summed E-state index contributed by atoms with van der Waals surface area (Å²) in [5.41, 5.74) is 20.5. The number of carboxylic acid groups (broad SMARTS) is 1. The number of phenolic OH excluding ortho intramolecular Hbond substituents is 1. The van der Waals surface area contributed by atoms with E-state index in [1.807, 2.05) is 12.1 Å². The number of aliphatic carboxylic acids is 1. The first-order valence-corrected chi connectivity index (χ1v) is 22.1. The van der Waals surface area contributed by atoms with E-state index < -0.39 is 78.7 Å². The predicted octanol–water partition coefficient (Wildman–Crippen LogP) is 0.342. The van der Waals surface area contributed by atoms with Gasteiger partial charge in [-0.15, -0.1) is 0 Å². The van der Waals surface area contributed by atoms with Crippen molar-refractivity contribution in [3.05, 3.63) is 88.7 Å². The van der Waals surface area contributed by atoms with Crippen LogP contribution in [0.15, 0.2) is 60.8 Å². The van der Waals surface area contributed by atoms with Crippen molar-refractivity contribution in [2.75, 3.05) is 39.9 Å². The predicted molar refractivity (Wildman–Crippen MR) is 246 cm³/mol. The number of aliphatic hydroxyl groups is 3. The highest BCUT2D eigenvalue weighted by Gasteiger charge is 2.39. The summed E-state index contributed by atoms with van der Waals surface area (Å²) in [6.07, 6.45) is -0.504. The molecule has 4 aromatic rings. The van der Waals surface area contributed by atoms with Gasteiger partial charge in [-0.05, 0) is 92.4 Å². The van der Waals surface area contributed by atoms with Crippen molar-refractivity contribution < 1.29 is 54.2 Å². The summed E-state index contributed by atoms with van der Waals surface area (Å²) in [4.78, 5) is 65.9. The Morgan fingerprint density at radius 2 is 1.63 bits per heavy atom. The van der Waals surface area contributed by atoms with Crippen molar-refractivity contribution in [1.29, 1.82) is 0 Å². The number of rotatable bonds is 17. The molecule has 20 heteroatoms. The Balaban J connectivity index is 1.41. The molecule has 1 saturated carbocycles. The molecule has 3 amide bonds. The number of phenols is 1. The Morgan fingerprint density at radius 3 is 2.22 bits per heavy atom. The van der Waals surface area contributed by atoms with Crippen molar-refractivity contribution in [3.8, 4) is 39.8 Å². The van der Waals surface area contributed by atoms with E-state index in [0.717, 1.165) is 23.3 Å². The van der Waals surface area contributed by atoms with Crippen molar-refractivity contribution in [2.45, 2.75) is 94.5 Å². The van der Waals surface area contributed by atoms with Gasteiger partial charge in [0.25, 0.3) is 5.91 Å². The van der Waals surface area contributed by atoms with Crippen LogP contribution < -0.4 is 42.6 Å². The highest BCUT2D eigenvalue weighted by Crippen LogP contribution is 2.48. The summed E-state index contributed by atoms with van der Waals surface area (Å²) in [5.74, 6) is -3.87. The first-order chi connectivity index (χ1) is 31.9. The van der Waals surface area contributed by atoms with Gasteiger partial charge in [0.2, 0.25) is 11.8 Å². The largest absolute Gasteiger partial charge is 0.504 e. The van der Waals surface area contributed by atoms with Crippen molar-refractivity contribution in [1.82, 2.24) is 30.8 Å². The fourth-order valence-corrected chi connectivity index (χ4v) is 7.75. The minimum atomic E-state index is -1.62. The molecule has 2 heterocycles. The topological polar surface area (TPSA) is 331 Å². The number of ether oxygens (including phenoxy) is 2. The number of aliphatic hydroxyl groups excluding tert-OH is 3. The van der Waals surface area contributed by atoms with Gasteiger partial charge >= 0.3 is 5.97 Å². The fraction of sp³-hybridized carbons (Fsp3) is 0.447. The van der Waals surface area contributed by atoms with Gasteiger partial charge in [0.1, 0.15) is 55.5 Å². The van der Waals surface area contributed by atoms with Gasteiger partial charge in [-0.25, -0.2) is 9.97 Å². The van der Waals surface area contributed by atoms with Gasteiger partial charge in [-0.2, -0.15) is 0 Å². The number of hydrogen-bond acceptors (Lipinski definition) is 16. The zero-order valence-corrected chi connectivity index (χ0v) is 37.9. The lowest BCUT2D eigenvalue weighted by atomic mass is 9.93. The van der Waals surface area contributed by atoms with Crippen LogP contribution in [0.25, 0.3) is 22.5 Å². The summed E-state index contributed by atoms with van der Waals surface area (Å²) in [5, 5.41) is 62.0. The molecule has 1 aliphatic heterocycles. The van der Waals surface area contributed by atoms with Gasteiger partial charge in [-0.3, -0.25) is 24.5 Å². The molecule has 14 N–H and O–H groups in total. The summed E-state index contributed by atoms with van der Waals surface area (Å²) in [6.45, 7) is 4.21. The second-order valence-electron chi connectivity index (χ2n) is 17.4. The Hall–Kier alpha value is -6.26. The molecule has 360 valence electrons. The number of fused-ring (bicyclic) bond motifs is 5. The lowest BCUT2D eigenvalue weighted by Crippen LogP contribution is -2.56. The minimum Gasteiger partial charge on any atom is -0.504 e. The summed E-state index contributed by atoms with van der Waals surface area (Å²) in [6, 6.07) is 9.83. The van der Waals surface area contributed by atoms with E-state index in [4.69, 9.17) is 26.7 Å². The van der Waals surface area contributed by atoms with Crippen LogP contribution in [0, 0.1) is 6.92 Å². The van der Waals surface area contributed by atoms with Crippen LogP contribution in [0.2, 0.25) is 0 Å². The van der Waals surface area contributed by atoms with E-state index in [1.54, 1.807) is 13.0 Å². The number of likely N-dealkylation sites (N-methyl/N-ethyl adjacent to an activating group) is 1. The third kappa shape index (κ3) is 11.8. The number of hydrogen-bond donors (Lipinski definition) is 11. The van der Waals surface area contributed by atoms with E-state index in [9.17, 15) is 44.7 Å². The lowest BCUT2D eigenvalue weighted by molar-refractivity contribution is -0.142. The quantitative estimate of drug-likeness (QED) is 0.0680. The fourth-order valence-electron chi connectivity index (χ4n) is 7.75. The van der Waals surface area contributed by atoms with Gasteiger partial charge in [0.05, 0.1) is 17.3 Å². The standard InChI is InChI=1S/C47H61N9O11/c1-24-34(21-51-41(52-24)27-6-8-29(9-7-27)47(3)12-13-47)43(61)54-35(11-14-48)45(63)56(4)39-28-17-33(40(59)38(18-28)67-23-31(58)20-50)32-15-26(5-10-37(32)66-22-30(57)19-49)16-36(46(64)65)55-42(60)25(2)53-44(39)62/h5-10,15,17-18,21,25,30-31,35-36,39,42,55,57-60H,11-14,16,19-20,22-23,48-50H2,1-4H3,(H,53,62)(H,54,61)(H,64,65)/t25-,30+,31+,35-,36-,39-,42?/m0/s1. The summed E-state index contributed by atoms with van der Waals surface area (Å²) >= 11 is 0. The number of amides is 3. The zero-order chi connectivity index (χ0) is 48.7. The molecule has 20 nitrogen and oxygen atoms in total. The number of nitrogens with zero attached hydrogens (tertiary/aromatic N) is 3. The highest BCUT2D eigenvalue weighted by atomic mass is 16.5. The number of aromatic hydroxyl groups is 1. The Kier molecular flexibility index (Phi) is 16.2. The molecule has 1 unspecified atom stereocenters. The number of carboxylic acids is 1. The SMILES string of the molecule is Cc1nc(-c2ccc(C3(C)CC3)cc2)ncc1C(=O)N[C@@H](CCN)C(=O)N(C)[C@@H]1C(=O)N[C@@H](C)C(O)N[C@H](C(=O)O)Cc2ccc(OC[C@H](O)CN)c(c2)-c2cc1cc(OC[C@H](O)CN)c2O. The van der Waals surface area contributed by atoms with Gasteiger partial charge in [0.15, 0.2) is 17.3 Å². The number of carbonyl (C=O) groups is 4. The third-order valence-electron chi connectivity index (χ3n) is 12.2. The van der Waals surface area contributed by atoms with Gasteiger partial charge < -0.3 is 67.7 Å². The highest BCUT2D eigenvalue weighted by molar-refractivity contribution is 5.99.